The van der Waals surface area contributed by atoms with Crippen LogP contribution in [0.2, 0.25) is 0 Å². The number of hydrogen-bond donors (Lipinski definition) is 0. The summed E-state index contributed by atoms with van der Waals surface area (Å²) in [5.41, 5.74) is 4.97. The average Bonchev–Trinajstić information content (AvgIpc) is 2.43. The third kappa shape index (κ3) is 3.45. The summed E-state index contributed by atoms with van der Waals surface area (Å²) in [6.07, 6.45) is 0. The van der Waals surface area contributed by atoms with Crippen LogP contribution in [0.3, 0.4) is 0 Å². The van der Waals surface area contributed by atoms with Crippen molar-refractivity contribution in [3.05, 3.63) is 65.7 Å². The molecule has 2 aromatic rings. The first kappa shape index (κ1) is 14.7. The fourth-order valence-corrected chi connectivity index (χ4v) is 2.95. The Labute approximate surface area is 126 Å². The average molecular weight is 283 g/mol. The molecule has 0 heterocycles. The Morgan fingerprint density at radius 1 is 1.00 bits per heavy atom. The van der Waals surface area contributed by atoms with Crippen molar-refractivity contribution in [3.8, 4) is 0 Å². The molecule has 0 amide bonds. The highest BCUT2D eigenvalue weighted by Gasteiger charge is 2.05. The van der Waals surface area contributed by atoms with Crippen molar-refractivity contribution in [1.29, 1.82) is 0 Å². The van der Waals surface area contributed by atoms with Gasteiger partial charge in [0, 0.05) is 29.6 Å². The molecule has 0 saturated carbocycles. The van der Waals surface area contributed by atoms with E-state index in [4.69, 9.17) is 0 Å². The van der Waals surface area contributed by atoms with Gasteiger partial charge in [-0.2, -0.15) is 0 Å². The van der Waals surface area contributed by atoms with E-state index < -0.39 is 0 Å². The Morgan fingerprint density at radius 3 is 2.25 bits per heavy atom. The molecule has 104 valence electrons. The molecule has 0 radical (unpaired) electrons. The van der Waals surface area contributed by atoms with Crippen LogP contribution in [-0.4, -0.2) is 14.1 Å². The zero-order valence-corrected chi connectivity index (χ0v) is 13.4. The van der Waals surface area contributed by atoms with E-state index >= 15 is 0 Å². The second-order valence-corrected chi connectivity index (χ2v) is 6.37. The van der Waals surface area contributed by atoms with Crippen molar-refractivity contribution in [2.24, 2.45) is 0 Å². The molecule has 0 aliphatic heterocycles. The molecule has 0 fully saturated rings. The van der Waals surface area contributed by atoms with Gasteiger partial charge in [-0.15, -0.1) is 0 Å². The summed E-state index contributed by atoms with van der Waals surface area (Å²) in [4.78, 5) is 4.47. The van der Waals surface area contributed by atoms with Gasteiger partial charge in [-0.25, -0.2) is 0 Å². The van der Waals surface area contributed by atoms with E-state index in [1.54, 1.807) is 11.8 Å². The van der Waals surface area contributed by atoms with Gasteiger partial charge in [-0.1, -0.05) is 42.6 Å². The molecule has 0 atom stereocenters. The molecule has 2 heteroatoms. The van der Waals surface area contributed by atoms with Crippen LogP contribution in [0.1, 0.15) is 16.7 Å². The molecule has 0 aliphatic carbocycles. The lowest BCUT2D eigenvalue weighted by Gasteiger charge is -2.14. The molecular formula is C18H21NS. The van der Waals surface area contributed by atoms with E-state index in [-0.39, 0.29) is 0 Å². The first-order valence-electron chi connectivity index (χ1n) is 6.69. The number of aryl methyl sites for hydroxylation is 2. The minimum Gasteiger partial charge on any atom is -0.378 e. The normalized spacial score (nSPS) is 10.4. The van der Waals surface area contributed by atoms with Gasteiger partial charge in [-0.05, 0) is 48.7 Å². The van der Waals surface area contributed by atoms with Crippen LogP contribution in [0.4, 0.5) is 5.69 Å². The fraction of sp³-hybridized carbons (Fsp3) is 0.222. The maximum absolute atomic E-state index is 4.21. The summed E-state index contributed by atoms with van der Waals surface area (Å²) in [5.74, 6) is 0. The predicted octanol–water partition coefficient (Wildman–Crippen LogP) is 5.13. The minimum absolute atomic E-state index is 1.09. The predicted molar refractivity (Wildman–Crippen MR) is 91.6 cm³/mol. The minimum atomic E-state index is 1.09. The van der Waals surface area contributed by atoms with Gasteiger partial charge in [0.05, 0.1) is 0 Å². The fourth-order valence-electron chi connectivity index (χ4n) is 1.95. The SMILES string of the molecule is C=C(Sc1cc(C)ccc1C)c1ccc(N(C)C)cc1. The summed E-state index contributed by atoms with van der Waals surface area (Å²) in [7, 11) is 4.10. The number of benzene rings is 2. The number of nitrogens with zero attached hydrogens (tertiary/aromatic N) is 1. The largest absolute Gasteiger partial charge is 0.378 e. The molecule has 0 unspecified atom stereocenters. The number of rotatable bonds is 4. The zero-order valence-electron chi connectivity index (χ0n) is 12.6. The van der Waals surface area contributed by atoms with Gasteiger partial charge < -0.3 is 4.90 Å². The maximum Gasteiger partial charge on any atom is 0.0361 e. The van der Waals surface area contributed by atoms with Crippen molar-refractivity contribution < 1.29 is 0 Å². The highest BCUT2D eigenvalue weighted by Crippen LogP contribution is 2.35. The second kappa shape index (κ2) is 6.19. The Balaban J connectivity index is 2.17. The van der Waals surface area contributed by atoms with Crippen LogP contribution in [0.5, 0.6) is 0 Å². The van der Waals surface area contributed by atoms with Crippen molar-refractivity contribution in [3.63, 3.8) is 0 Å². The summed E-state index contributed by atoms with van der Waals surface area (Å²) in [6, 6.07) is 15.1. The van der Waals surface area contributed by atoms with Gasteiger partial charge in [0.1, 0.15) is 0 Å². The van der Waals surface area contributed by atoms with E-state index in [0.717, 1.165) is 4.91 Å². The standard InChI is InChI=1S/C18H21NS/c1-13-6-7-14(2)18(12-13)20-15(3)16-8-10-17(11-9-16)19(4)5/h6-12H,3H2,1-2,4-5H3. The Bertz CT molecular complexity index is 612. The van der Waals surface area contributed by atoms with Crippen LogP contribution in [0, 0.1) is 13.8 Å². The molecular weight excluding hydrogens is 262 g/mol. The molecule has 1 nitrogen and oxygen atoms in total. The van der Waals surface area contributed by atoms with E-state index in [9.17, 15) is 0 Å². The van der Waals surface area contributed by atoms with Crippen LogP contribution in [0.15, 0.2) is 53.9 Å². The van der Waals surface area contributed by atoms with Crippen molar-refractivity contribution in [1.82, 2.24) is 0 Å². The molecule has 0 saturated heterocycles. The van der Waals surface area contributed by atoms with Crippen molar-refractivity contribution in [2.75, 3.05) is 19.0 Å². The van der Waals surface area contributed by atoms with Crippen LogP contribution in [-0.2, 0) is 0 Å². The quantitative estimate of drug-likeness (QED) is 0.715. The smallest absolute Gasteiger partial charge is 0.0361 e. The van der Waals surface area contributed by atoms with Crippen molar-refractivity contribution in [2.45, 2.75) is 18.7 Å². The summed E-state index contributed by atoms with van der Waals surface area (Å²) in [6.45, 7) is 8.48. The first-order chi connectivity index (χ1) is 9.47. The Kier molecular flexibility index (Phi) is 4.56. The Hall–Kier alpha value is -1.67. The third-order valence-corrected chi connectivity index (χ3v) is 4.42. The molecule has 2 rings (SSSR count). The molecule has 2 aromatic carbocycles. The topological polar surface area (TPSA) is 3.24 Å². The zero-order chi connectivity index (χ0) is 14.7. The monoisotopic (exact) mass is 283 g/mol. The Morgan fingerprint density at radius 2 is 1.65 bits per heavy atom. The van der Waals surface area contributed by atoms with E-state index in [2.05, 4.69) is 81.9 Å². The summed E-state index contributed by atoms with van der Waals surface area (Å²) < 4.78 is 0. The lowest BCUT2D eigenvalue weighted by Crippen LogP contribution is -2.07. The highest BCUT2D eigenvalue weighted by atomic mass is 32.2. The number of thioether (sulfide) groups is 1. The molecule has 0 aromatic heterocycles. The molecule has 0 aliphatic rings. The van der Waals surface area contributed by atoms with E-state index in [0.29, 0.717) is 0 Å². The second-order valence-electron chi connectivity index (χ2n) is 5.24. The van der Waals surface area contributed by atoms with Crippen LogP contribution < -0.4 is 4.90 Å². The molecule has 0 spiro atoms. The summed E-state index contributed by atoms with van der Waals surface area (Å²) in [5, 5.41) is 0. The molecule has 0 N–H and O–H groups in total. The van der Waals surface area contributed by atoms with Gasteiger partial charge in [-0.3, -0.25) is 0 Å². The summed E-state index contributed by atoms with van der Waals surface area (Å²) >= 11 is 1.74. The van der Waals surface area contributed by atoms with Crippen molar-refractivity contribution >= 4 is 22.4 Å². The maximum atomic E-state index is 4.21. The van der Waals surface area contributed by atoms with Gasteiger partial charge in [0.15, 0.2) is 0 Å². The highest BCUT2D eigenvalue weighted by molar-refractivity contribution is 8.08. The first-order valence-corrected chi connectivity index (χ1v) is 7.51. The van der Waals surface area contributed by atoms with Crippen LogP contribution >= 0.6 is 11.8 Å². The van der Waals surface area contributed by atoms with Crippen LogP contribution in [0.25, 0.3) is 4.91 Å². The number of anilines is 1. The lowest BCUT2D eigenvalue weighted by molar-refractivity contribution is 1.13. The molecule has 0 bridgehead atoms. The van der Waals surface area contributed by atoms with Gasteiger partial charge in [0.2, 0.25) is 0 Å². The molecule has 20 heavy (non-hydrogen) atoms. The van der Waals surface area contributed by atoms with Gasteiger partial charge in [0.25, 0.3) is 0 Å². The van der Waals surface area contributed by atoms with E-state index in [1.165, 1.54) is 27.3 Å². The lowest BCUT2D eigenvalue weighted by atomic mass is 10.2. The van der Waals surface area contributed by atoms with Gasteiger partial charge >= 0.3 is 0 Å². The van der Waals surface area contributed by atoms with E-state index in [1.807, 2.05) is 0 Å². The number of hydrogen-bond acceptors (Lipinski definition) is 2. The third-order valence-electron chi connectivity index (χ3n) is 3.28.